The number of rotatable bonds is 8. The molecular formula is C20H27N5O6S2. The second-order valence-electron chi connectivity index (χ2n) is 7.35. The van der Waals surface area contributed by atoms with Crippen LogP contribution in [0.15, 0.2) is 28.5 Å². The van der Waals surface area contributed by atoms with Crippen molar-refractivity contribution in [3.63, 3.8) is 0 Å². The third kappa shape index (κ3) is 6.41. The van der Waals surface area contributed by atoms with Crippen molar-refractivity contribution in [3.8, 4) is 11.5 Å². The number of nitrogens with one attached hydrogen (secondary N) is 2. The number of carbonyl (C=O) groups is 2. The number of methoxy groups -OCH3 is 2. The van der Waals surface area contributed by atoms with Gasteiger partial charge in [0.05, 0.1) is 32.1 Å². The molecule has 33 heavy (non-hydrogen) atoms. The molecule has 11 nitrogen and oxygen atoms in total. The lowest BCUT2D eigenvalue weighted by molar-refractivity contribution is -0.129. The summed E-state index contributed by atoms with van der Waals surface area (Å²) < 4.78 is 37.7. The Bertz CT molecular complexity index is 1100. The van der Waals surface area contributed by atoms with Gasteiger partial charge in [-0.1, -0.05) is 0 Å². The standard InChI is InChI=1S/C20H27N5O6S2/c1-14-13-32-20(21-14)11-18(26)22-23-19(27)12-24-6-8-25(9-7-24)33(28,29)15-4-5-16(30-2)17(10-15)31-3/h4-5,10,13H,6-9,11-12H2,1-3H3,(H,22,26)(H,23,27). The van der Waals surface area contributed by atoms with E-state index in [-0.39, 0.29) is 42.8 Å². The molecule has 2 heterocycles. The van der Waals surface area contributed by atoms with E-state index >= 15 is 0 Å². The van der Waals surface area contributed by atoms with E-state index in [2.05, 4.69) is 15.8 Å². The summed E-state index contributed by atoms with van der Waals surface area (Å²) in [5.74, 6) is 0.0421. The molecule has 180 valence electrons. The summed E-state index contributed by atoms with van der Waals surface area (Å²) in [4.78, 5) is 30.2. The van der Waals surface area contributed by atoms with Crippen molar-refractivity contribution in [2.45, 2.75) is 18.2 Å². The molecule has 1 aliphatic heterocycles. The maximum atomic E-state index is 13.0. The Morgan fingerprint density at radius 3 is 2.33 bits per heavy atom. The molecule has 1 fully saturated rings. The molecular weight excluding hydrogens is 470 g/mol. The molecule has 0 saturated carbocycles. The number of aromatic nitrogens is 1. The second kappa shape index (κ2) is 10.9. The van der Waals surface area contributed by atoms with Crippen molar-refractivity contribution in [2.75, 3.05) is 46.9 Å². The molecule has 0 bridgehead atoms. The first kappa shape index (κ1) is 24.9. The van der Waals surface area contributed by atoms with Crippen LogP contribution in [0.3, 0.4) is 0 Å². The Morgan fingerprint density at radius 1 is 1.06 bits per heavy atom. The van der Waals surface area contributed by atoms with Crippen LogP contribution in [-0.4, -0.2) is 81.4 Å². The normalized spacial score (nSPS) is 15.1. The third-order valence-corrected chi connectivity index (χ3v) is 7.87. The van der Waals surface area contributed by atoms with Crippen molar-refractivity contribution < 1.29 is 27.5 Å². The summed E-state index contributed by atoms with van der Waals surface area (Å²) in [7, 11) is -0.787. The highest BCUT2D eigenvalue weighted by molar-refractivity contribution is 7.89. The van der Waals surface area contributed by atoms with Gasteiger partial charge >= 0.3 is 0 Å². The van der Waals surface area contributed by atoms with Gasteiger partial charge in [0, 0.05) is 43.3 Å². The molecule has 1 aromatic heterocycles. The summed E-state index contributed by atoms with van der Waals surface area (Å²) in [5.41, 5.74) is 5.61. The summed E-state index contributed by atoms with van der Waals surface area (Å²) in [6.07, 6.45) is 0.0888. The van der Waals surface area contributed by atoms with Gasteiger partial charge in [0.15, 0.2) is 11.5 Å². The number of amides is 2. The number of nitrogens with zero attached hydrogens (tertiary/aromatic N) is 3. The lowest BCUT2D eigenvalue weighted by Crippen LogP contribution is -2.53. The van der Waals surface area contributed by atoms with Gasteiger partial charge in [0.2, 0.25) is 15.9 Å². The molecule has 2 amide bonds. The van der Waals surface area contributed by atoms with Crippen LogP contribution in [0.25, 0.3) is 0 Å². The number of hydrogen-bond donors (Lipinski definition) is 2. The number of hydrogen-bond acceptors (Lipinski definition) is 9. The molecule has 1 saturated heterocycles. The third-order valence-electron chi connectivity index (χ3n) is 5.01. The Balaban J connectivity index is 1.47. The summed E-state index contributed by atoms with van der Waals surface area (Å²) in [5, 5.41) is 2.53. The predicted molar refractivity (Wildman–Crippen MR) is 122 cm³/mol. The van der Waals surface area contributed by atoms with Gasteiger partial charge in [-0.25, -0.2) is 13.4 Å². The Labute approximate surface area is 196 Å². The Hall–Kier alpha value is -2.74. The highest BCUT2D eigenvalue weighted by Crippen LogP contribution is 2.30. The Kier molecular flexibility index (Phi) is 8.24. The number of benzene rings is 1. The number of piperazine rings is 1. The maximum absolute atomic E-state index is 13.0. The molecule has 1 aromatic carbocycles. The minimum Gasteiger partial charge on any atom is -0.493 e. The van der Waals surface area contributed by atoms with E-state index in [1.165, 1.54) is 42.0 Å². The van der Waals surface area contributed by atoms with E-state index in [1.54, 1.807) is 6.07 Å². The van der Waals surface area contributed by atoms with Crippen LogP contribution in [0.4, 0.5) is 0 Å². The van der Waals surface area contributed by atoms with Gasteiger partial charge in [-0.05, 0) is 19.1 Å². The van der Waals surface area contributed by atoms with Crippen LogP contribution in [0, 0.1) is 6.92 Å². The van der Waals surface area contributed by atoms with E-state index in [1.807, 2.05) is 17.2 Å². The van der Waals surface area contributed by atoms with Crippen LogP contribution in [0.1, 0.15) is 10.7 Å². The topological polar surface area (TPSA) is 130 Å². The largest absolute Gasteiger partial charge is 0.493 e. The number of carbonyl (C=O) groups excluding carboxylic acids is 2. The molecule has 2 N–H and O–H groups in total. The van der Waals surface area contributed by atoms with Crippen molar-refractivity contribution in [3.05, 3.63) is 34.3 Å². The van der Waals surface area contributed by atoms with E-state index < -0.39 is 10.0 Å². The fourth-order valence-corrected chi connectivity index (χ4v) is 5.51. The average molecular weight is 498 g/mol. The average Bonchev–Trinajstić information content (AvgIpc) is 3.21. The number of thiazole rings is 1. The zero-order valence-corrected chi connectivity index (χ0v) is 20.3. The zero-order valence-electron chi connectivity index (χ0n) is 18.7. The molecule has 0 aliphatic carbocycles. The minimum absolute atomic E-state index is 0.0425. The number of hydrazine groups is 1. The van der Waals surface area contributed by atoms with Crippen molar-refractivity contribution in [1.29, 1.82) is 0 Å². The lowest BCUT2D eigenvalue weighted by Gasteiger charge is -2.33. The van der Waals surface area contributed by atoms with Crippen LogP contribution in [-0.2, 0) is 26.0 Å². The molecule has 0 atom stereocenters. The van der Waals surface area contributed by atoms with E-state index in [0.717, 1.165) is 5.69 Å². The van der Waals surface area contributed by atoms with Gasteiger partial charge in [-0.3, -0.25) is 25.3 Å². The fraction of sp³-hybridized carbons (Fsp3) is 0.450. The number of ether oxygens (including phenoxy) is 2. The molecule has 2 aromatic rings. The predicted octanol–water partition coefficient (Wildman–Crippen LogP) is 0.165. The maximum Gasteiger partial charge on any atom is 0.252 e. The summed E-state index contributed by atoms with van der Waals surface area (Å²) in [6.45, 7) is 3.12. The van der Waals surface area contributed by atoms with E-state index in [0.29, 0.717) is 29.6 Å². The highest BCUT2D eigenvalue weighted by atomic mass is 32.2. The fourth-order valence-electron chi connectivity index (χ4n) is 3.30. The van der Waals surface area contributed by atoms with E-state index in [9.17, 15) is 18.0 Å². The van der Waals surface area contributed by atoms with Crippen molar-refractivity contribution >= 4 is 33.2 Å². The molecule has 0 radical (unpaired) electrons. The van der Waals surface area contributed by atoms with E-state index in [4.69, 9.17) is 9.47 Å². The highest BCUT2D eigenvalue weighted by Gasteiger charge is 2.30. The molecule has 0 spiro atoms. The van der Waals surface area contributed by atoms with Crippen LogP contribution < -0.4 is 20.3 Å². The number of sulfonamides is 1. The first-order valence-electron chi connectivity index (χ1n) is 10.2. The van der Waals surface area contributed by atoms with Gasteiger partial charge in [-0.15, -0.1) is 11.3 Å². The lowest BCUT2D eigenvalue weighted by atomic mass is 10.3. The minimum atomic E-state index is -3.71. The molecule has 1 aliphatic rings. The van der Waals surface area contributed by atoms with Crippen LogP contribution >= 0.6 is 11.3 Å². The monoisotopic (exact) mass is 497 g/mol. The van der Waals surface area contributed by atoms with Gasteiger partial charge in [-0.2, -0.15) is 4.31 Å². The van der Waals surface area contributed by atoms with Crippen molar-refractivity contribution in [2.24, 2.45) is 0 Å². The molecule has 0 unspecified atom stereocenters. The summed E-state index contributed by atoms with van der Waals surface area (Å²) >= 11 is 1.39. The first-order chi connectivity index (χ1) is 15.7. The van der Waals surface area contributed by atoms with Crippen LogP contribution in [0.2, 0.25) is 0 Å². The SMILES string of the molecule is COc1ccc(S(=O)(=O)N2CCN(CC(=O)NNC(=O)Cc3nc(C)cs3)CC2)cc1OC. The van der Waals surface area contributed by atoms with Gasteiger partial charge in [0.1, 0.15) is 5.01 Å². The smallest absolute Gasteiger partial charge is 0.252 e. The van der Waals surface area contributed by atoms with Gasteiger partial charge < -0.3 is 9.47 Å². The Morgan fingerprint density at radius 2 is 1.73 bits per heavy atom. The van der Waals surface area contributed by atoms with Crippen LogP contribution in [0.5, 0.6) is 11.5 Å². The van der Waals surface area contributed by atoms with Gasteiger partial charge in [0.25, 0.3) is 5.91 Å². The number of aryl methyl sites for hydroxylation is 1. The second-order valence-corrected chi connectivity index (χ2v) is 10.2. The zero-order chi connectivity index (χ0) is 24.0. The summed E-state index contributed by atoms with van der Waals surface area (Å²) in [6, 6.07) is 4.46. The quantitative estimate of drug-likeness (QED) is 0.494. The first-order valence-corrected chi connectivity index (χ1v) is 12.5. The molecule has 13 heteroatoms. The van der Waals surface area contributed by atoms with Crippen molar-refractivity contribution in [1.82, 2.24) is 25.0 Å². The molecule has 3 rings (SSSR count).